The molecule has 0 radical (unpaired) electrons. The minimum atomic E-state index is -0.470. The Balaban J connectivity index is 2.49. The monoisotopic (exact) mass is 248 g/mol. The van der Waals surface area contributed by atoms with Crippen LogP contribution in [0, 0.1) is 10.1 Å². The summed E-state index contributed by atoms with van der Waals surface area (Å²) in [6.07, 6.45) is 3.51. The van der Waals surface area contributed by atoms with Gasteiger partial charge in [-0.3, -0.25) is 10.1 Å². The fourth-order valence-corrected chi connectivity index (χ4v) is 1.54. The lowest BCUT2D eigenvalue weighted by molar-refractivity contribution is -0.385. The third kappa shape index (κ3) is 2.29. The van der Waals surface area contributed by atoms with Gasteiger partial charge in [0.05, 0.1) is 11.5 Å². The van der Waals surface area contributed by atoms with E-state index in [2.05, 4.69) is 10.1 Å². The number of hydrogen-bond donors (Lipinski definition) is 0. The van der Waals surface area contributed by atoms with Crippen LogP contribution in [0.2, 0.25) is 0 Å². The Kier molecular flexibility index (Phi) is 3.52. The first-order valence-corrected chi connectivity index (χ1v) is 5.49. The van der Waals surface area contributed by atoms with E-state index in [-0.39, 0.29) is 11.4 Å². The van der Waals surface area contributed by atoms with Crippen molar-refractivity contribution in [2.45, 2.75) is 13.3 Å². The first kappa shape index (κ1) is 12.0. The maximum absolute atomic E-state index is 11.2. The lowest BCUT2D eigenvalue weighted by atomic mass is 10.2. The third-order valence-electron chi connectivity index (χ3n) is 2.29. The van der Waals surface area contributed by atoms with Crippen molar-refractivity contribution in [3.05, 3.63) is 41.0 Å². The highest BCUT2D eigenvalue weighted by atomic mass is 16.6. The third-order valence-corrected chi connectivity index (χ3v) is 2.29. The Labute approximate surface area is 103 Å². The highest BCUT2D eigenvalue weighted by Crippen LogP contribution is 2.32. The molecule has 2 rings (SSSR count). The number of nitro groups is 1. The van der Waals surface area contributed by atoms with E-state index < -0.39 is 4.92 Å². The normalized spacial score (nSPS) is 10.3. The van der Waals surface area contributed by atoms with Crippen LogP contribution in [0.25, 0.3) is 5.69 Å². The summed E-state index contributed by atoms with van der Waals surface area (Å²) in [5.41, 5.74) is 0.238. The average Bonchev–Trinajstić information content (AvgIpc) is 2.89. The summed E-state index contributed by atoms with van der Waals surface area (Å²) in [4.78, 5) is 14.5. The van der Waals surface area contributed by atoms with Crippen molar-refractivity contribution in [2.24, 2.45) is 0 Å². The number of aromatic nitrogens is 3. The molecule has 0 saturated carbocycles. The summed E-state index contributed by atoms with van der Waals surface area (Å²) < 4.78 is 6.73. The van der Waals surface area contributed by atoms with E-state index >= 15 is 0 Å². The molecule has 0 aliphatic carbocycles. The second kappa shape index (κ2) is 5.26. The predicted octanol–water partition coefficient (Wildman–Crippen LogP) is 1.96. The molecule has 0 amide bonds. The van der Waals surface area contributed by atoms with E-state index in [0.717, 1.165) is 6.42 Å². The van der Waals surface area contributed by atoms with E-state index in [1.54, 1.807) is 18.2 Å². The molecule has 1 aromatic carbocycles. The van der Waals surface area contributed by atoms with Gasteiger partial charge < -0.3 is 4.74 Å². The number of rotatable bonds is 5. The molecule has 0 spiro atoms. The zero-order chi connectivity index (χ0) is 13.0. The molecule has 0 bridgehead atoms. The van der Waals surface area contributed by atoms with Crippen molar-refractivity contribution in [2.75, 3.05) is 6.61 Å². The van der Waals surface area contributed by atoms with E-state index in [9.17, 15) is 10.1 Å². The molecule has 7 nitrogen and oxygen atoms in total. The molecule has 1 heterocycles. The molecule has 1 aromatic heterocycles. The Hall–Kier alpha value is -2.44. The van der Waals surface area contributed by atoms with Crippen LogP contribution in [0.4, 0.5) is 5.69 Å². The van der Waals surface area contributed by atoms with E-state index in [1.165, 1.54) is 17.3 Å². The number of ether oxygens (including phenoxy) is 1. The molecule has 0 saturated heterocycles. The minimum Gasteiger partial charge on any atom is -0.487 e. The summed E-state index contributed by atoms with van der Waals surface area (Å²) in [5.74, 6) is 0.245. The van der Waals surface area contributed by atoms with Crippen molar-refractivity contribution >= 4 is 5.69 Å². The van der Waals surface area contributed by atoms with Gasteiger partial charge in [0.15, 0.2) is 5.75 Å². The summed E-state index contributed by atoms with van der Waals surface area (Å²) in [6, 6.07) is 4.87. The van der Waals surface area contributed by atoms with Gasteiger partial charge in [0.25, 0.3) is 0 Å². The molecule has 0 atom stereocenters. The summed E-state index contributed by atoms with van der Waals surface area (Å²) in [6.45, 7) is 2.37. The maximum Gasteiger partial charge on any atom is 0.336 e. The first-order valence-electron chi connectivity index (χ1n) is 5.49. The average molecular weight is 248 g/mol. The topological polar surface area (TPSA) is 83.1 Å². The van der Waals surface area contributed by atoms with Crippen molar-refractivity contribution in [3.8, 4) is 11.4 Å². The second-order valence-electron chi connectivity index (χ2n) is 3.57. The lowest BCUT2D eigenvalue weighted by Gasteiger charge is -2.08. The van der Waals surface area contributed by atoms with Crippen LogP contribution in [-0.4, -0.2) is 26.3 Å². The van der Waals surface area contributed by atoms with Gasteiger partial charge in [0, 0.05) is 0 Å². The van der Waals surface area contributed by atoms with Gasteiger partial charge in [-0.2, -0.15) is 5.10 Å². The number of nitro benzene ring substituents is 1. The SMILES string of the molecule is CCCOc1cccc(-n2cncn2)c1[N+](=O)[O-]. The van der Waals surface area contributed by atoms with Crippen molar-refractivity contribution in [3.63, 3.8) is 0 Å². The smallest absolute Gasteiger partial charge is 0.336 e. The molecular weight excluding hydrogens is 236 g/mol. The lowest BCUT2D eigenvalue weighted by Crippen LogP contribution is -2.04. The van der Waals surface area contributed by atoms with Crippen molar-refractivity contribution in [1.29, 1.82) is 0 Å². The van der Waals surface area contributed by atoms with Crippen LogP contribution in [0.5, 0.6) is 5.75 Å². The van der Waals surface area contributed by atoms with Crippen LogP contribution in [0.1, 0.15) is 13.3 Å². The Bertz CT molecular complexity index is 539. The zero-order valence-corrected chi connectivity index (χ0v) is 9.81. The Morgan fingerprint density at radius 1 is 1.50 bits per heavy atom. The van der Waals surface area contributed by atoms with Gasteiger partial charge in [-0.1, -0.05) is 13.0 Å². The predicted molar refractivity (Wildman–Crippen MR) is 63.8 cm³/mol. The Morgan fingerprint density at radius 2 is 2.33 bits per heavy atom. The molecule has 0 aliphatic rings. The Morgan fingerprint density at radius 3 is 2.94 bits per heavy atom. The number of benzene rings is 1. The van der Waals surface area contributed by atoms with Crippen LogP contribution in [0.15, 0.2) is 30.9 Å². The molecule has 0 N–H and O–H groups in total. The highest BCUT2D eigenvalue weighted by Gasteiger charge is 2.22. The number of para-hydroxylation sites is 1. The number of nitrogens with zero attached hydrogens (tertiary/aromatic N) is 4. The van der Waals surface area contributed by atoms with E-state index in [4.69, 9.17) is 4.74 Å². The van der Waals surface area contributed by atoms with E-state index in [1.807, 2.05) is 6.92 Å². The fourth-order valence-electron chi connectivity index (χ4n) is 1.54. The van der Waals surface area contributed by atoms with Gasteiger partial charge in [-0.25, -0.2) is 9.67 Å². The molecular formula is C11H12N4O3. The molecule has 0 unspecified atom stereocenters. The van der Waals surface area contributed by atoms with Crippen LogP contribution >= 0.6 is 0 Å². The molecule has 7 heteroatoms. The highest BCUT2D eigenvalue weighted by molar-refractivity contribution is 5.60. The maximum atomic E-state index is 11.2. The minimum absolute atomic E-state index is 0.101. The van der Waals surface area contributed by atoms with Crippen LogP contribution in [0.3, 0.4) is 0 Å². The quantitative estimate of drug-likeness (QED) is 0.596. The van der Waals surface area contributed by atoms with Gasteiger partial charge >= 0.3 is 5.69 Å². The van der Waals surface area contributed by atoms with E-state index in [0.29, 0.717) is 12.3 Å². The summed E-state index contributed by atoms with van der Waals surface area (Å²) >= 11 is 0. The van der Waals surface area contributed by atoms with Crippen molar-refractivity contribution < 1.29 is 9.66 Å². The fraction of sp³-hybridized carbons (Fsp3) is 0.273. The van der Waals surface area contributed by atoms with Crippen LogP contribution < -0.4 is 4.74 Å². The molecule has 18 heavy (non-hydrogen) atoms. The zero-order valence-electron chi connectivity index (χ0n) is 9.81. The van der Waals surface area contributed by atoms with Gasteiger partial charge in [0.1, 0.15) is 18.3 Å². The van der Waals surface area contributed by atoms with Gasteiger partial charge in [0.2, 0.25) is 0 Å². The van der Waals surface area contributed by atoms with Gasteiger partial charge in [-0.05, 0) is 18.6 Å². The molecule has 0 fully saturated rings. The molecule has 94 valence electrons. The van der Waals surface area contributed by atoms with Gasteiger partial charge in [-0.15, -0.1) is 0 Å². The van der Waals surface area contributed by atoms with Crippen molar-refractivity contribution in [1.82, 2.24) is 14.8 Å². The van der Waals surface area contributed by atoms with Crippen LogP contribution in [-0.2, 0) is 0 Å². The standard InChI is InChI=1S/C11H12N4O3/c1-2-6-18-10-5-3-4-9(11(10)15(16)17)14-8-12-7-13-14/h3-5,7-8H,2,6H2,1H3. The summed E-state index contributed by atoms with van der Waals surface area (Å²) in [5, 5.41) is 15.1. The number of hydrogen-bond acceptors (Lipinski definition) is 5. The summed E-state index contributed by atoms with van der Waals surface area (Å²) in [7, 11) is 0. The molecule has 0 aliphatic heterocycles. The first-order chi connectivity index (χ1) is 8.74. The second-order valence-corrected chi connectivity index (χ2v) is 3.57. The largest absolute Gasteiger partial charge is 0.487 e. The molecule has 2 aromatic rings.